The molecule has 2 aromatic carbocycles. The molecule has 1 fully saturated rings. The Morgan fingerprint density at radius 2 is 1.84 bits per heavy atom. The average Bonchev–Trinajstić information content (AvgIpc) is 3.57. The SMILES string of the molecule is O=C1[C@@H]2N=NN(Cc3nc(-c4ccc5c(c4)OCO5)no3)[C@H]2C(=O)N1c1ccc(Br)cc1. The van der Waals surface area contributed by atoms with Gasteiger partial charge in [-0.15, -0.1) is 0 Å². The Labute approximate surface area is 188 Å². The van der Waals surface area contributed by atoms with Crippen molar-refractivity contribution in [3.63, 3.8) is 0 Å². The summed E-state index contributed by atoms with van der Waals surface area (Å²) in [6, 6.07) is 10.5. The van der Waals surface area contributed by atoms with Crippen LogP contribution >= 0.6 is 15.9 Å². The summed E-state index contributed by atoms with van der Waals surface area (Å²) in [6.45, 7) is 0.207. The van der Waals surface area contributed by atoms with Crippen molar-refractivity contribution in [1.29, 1.82) is 0 Å². The molecule has 1 aromatic heterocycles. The quantitative estimate of drug-likeness (QED) is 0.505. The molecule has 3 aromatic rings. The second kappa shape index (κ2) is 7.12. The first kappa shape index (κ1) is 18.9. The Balaban J connectivity index is 1.22. The van der Waals surface area contributed by atoms with E-state index < -0.39 is 23.9 Å². The van der Waals surface area contributed by atoms with E-state index in [1.54, 1.807) is 42.5 Å². The highest BCUT2D eigenvalue weighted by molar-refractivity contribution is 9.10. The molecule has 0 unspecified atom stereocenters. The number of benzene rings is 2. The van der Waals surface area contributed by atoms with Crippen molar-refractivity contribution in [3.8, 4) is 22.9 Å². The number of ether oxygens (including phenoxy) is 2. The lowest BCUT2D eigenvalue weighted by Crippen LogP contribution is -2.39. The van der Waals surface area contributed by atoms with E-state index >= 15 is 0 Å². The molecular weight excluding hydrogens is 484 g/mol. The Bertz CT molecular complexity index is 1280. The van der Waals surface area contributed by atoms with Crippen LogP contribution in [0.3, 0.4) is 0 Å². The monoisotopic (exact) mass is 496 g/mol. The molecule has 32 heavy (non-hydrogen) atoms. The number of hydrogen-bond donors (Lipinski definition) is 0. The fourth-order valence-corrected chi connectivity index (χ4v) is 4.07. The molecule has 11 nitrogen and oxygen atoms in total. The third kappa shape index (κ3) is 2.94. The number of amides is 2. The molecular formula is C20H13BrN6O5. The molecule has 2 amide bonds. The van der Waals surface area contributed by atoms with E-state index in [0.29, 0.717) is 28.6 Å². The van der Waals surface area contributed by atoms with E-state index in [-0.39, 0.29) is 19.2 Å². The molecule has 0 bridgehead atoms. The zero-order valence-electron chi connectivity index (χ0n) is 16.2. The Kier molecular flexibility index (Phi) is 4.21. The Morgan fingerprint density at radius 3 is 2.69 bits per heavy atom. The van der Waals surface area contributed by atoms with Gasteiger partial charge in [0.25, 0.3) is 11.8 Å². The van der Waals surface area contributed by atoms with Gasteiger partial charge in [0.2, 0.25) is 18.5 Å². The second-order valence-corrected chi connectivity index (χ2v) is 8.18. The van der Waals surface area contributed by atoms with Crippen molar-refractivity contribution in [2.75, 3.05) is 11.7 Å². The molecule has 0 saturated carbocycles. The lowest BCUT2D eigenvalue weighted by Gasteiger charge is -2.19. The highest BCUT2D eigenvalue weighted by atomic mass is 79.9. The van der Waals surface area contributed by atoms with E-state index in [0.717, 1.165) is 9.37 Å². The van der Waals surface area contributed by atoms with Gasteiger partial charge in [0.05, 0.1) is 5.69 Å². The van der Waals surface area contributed by atoms with Gasteiger partial charge in [0, 0.05) is 10.0 Å². The lowest BCUT2D eigenvalue weighted by atomic mass is 10.1. The van der Waals surface area contributed by atoms with Gasteiger partial charge in [-0.05, 0) is 42.5 Å². The first-order valence-corrected chi connectivity index (χ1v) is 10.4. The zero-order valence-corrected chi connectivity index (χ0v) is 17.8. The number of carbonyl (C=O) groups excluding carboxylic acids is 2. The van der Waals surface area contributed by atoms with E-state index in [1.807, 2.05) is 0 Å². The number of rotatable bonds is 4. The van der Waals surface area contributed by atoms with E-state index in [1.165, 1.54) is 5.01 Å². The molecule has 0 radical (unpaired) electrons. The van der Waals surface area contributed by atoms with Crippen LogP contribution in [0.2, 0.25) is 0 Å². The van der Waals surface area contributed by atoms with Crippen molar-refractivity contribution in [1.82, 2.24) is 15.1 Å². The van der Waals surface area contributed by atoms with Gasteiger partial charge in [-0.1, -0.05) is 26.3 Å². The van der Waals surface area contributed by atoms with Crippen LogP contribution in [0.5, 0.6) is 11.5 Å². The summed E-state index contributed by atoms with van der Waals surface area (Å²) < 4.78 is 16.9. The molecule has 6 rings (SSSR count). The normalized spacial score (nSPS) is 21.0. The number of fused-ring (bicyclic) bond motifs is 2. The van der Waals surface area contributed by atoms with E-state index in [9.17, 15) is 9.59 Å². The van der Waals surface area contributed by atoms with Crippen molar-refractivity contribution in [3.05, 3.63) is 52.8 Å². The summed E-state index contributed by atoms with van der Waals surface area (Å²) >= 11 is 3.35. The van der Waals surface area contributed by atoms with Crippen LogP contribution in [-0.4, -0.2) is 45.8 Å². The molecule has 0 N–H and O–H groups in total. The zero-order chi connectivity index (χ0) is 21.8. The molecule has 12 heteroatoms. The third-order valence-electron chi connectivity index (χ3n) is 5.34. The molecule has 160 valence electrons. The minimum atomic E-state index is -0.901. The fraction of sp³-hybridized carbons (Fsp3) is 0.200. The van der Waals surface area contributed by atoms with Crippen LogP contribution in [0.25, 0.3) is 11.4 Å². The summed E-state index contributed by atoms with van der Waals surface area (Å²) in [7, 11) is 0. The van der Waals surface area contributed by atoms with Crippen molar-refractivity contribution in [2.45, 2.75) is 18.6 Å². The first-order valence-electron chi connectivity index (χ1n) is 9.62. The largest absolute Gasteiger partial charge is 0.454 e. The van der Waals surface area contributed by atoms with Crippen LogP contribution in [0.4, 0.5) is 5.69 Å². The summed E-state index contributed by atoms with van der Waals surface area (Å²) in [5, 5.41) is 13.4. The summed E-state index contributed by atoms with van der Waals surface area (Å²) in [6.07, 6.45) is 0. The molecule has 0 spiro atoms. The van der Waals surface area contributed by atoms with Gasteiger partial charge in [-0.2, -0.15) is 10.1 Å². The molecule has 4 heterocycles. The van der Waals surface area contributed by atoms with Gasteiger partial charge in [-0.25, -0.2) is 4.90 Å². The Hall–Kier alpha value is -3.80. The van der Waals surface area contributed by atoms with E-state index in [2.05, 4.69) is 36.4 Å². The molecule has 3 aliphatic rings. The van der Waals surface area contributed by atoms with Crippen molar-refractivity contribution < 1.29 is 23.6 Å². The Morgan fingerprint density at radius 1 is 1.03 bits per heavy atom. The predicted octanol–water partition coefficient (Wildman–Crippen LogP) is 2.72. The standard InChI is InChI=1S/C20H13BrN6O5/c21-11-2-4-12(5-3-11)27-19(28)16-17(20(27)29)26(25-23-16)8-15-22-18(24-32-15)10-1-6-13-14(7-10)31-9-30-13/h1-7,16-17H,8-9H2/t16-,17-/m1/s1. The number of halogens is 1. The number of hydrogen-bond acceptors (Lipinski definition) is 10. The highest BCUT2D eigenvalue weighted by Crippen LogP contribution is 2.36. The average molecular weight is 497 g/mol. The number of anilines is 1. The number of nitrogens with zero attached hydrogens (tertiary/aromatic N) is 6. The lowest BCUT2D eigenvalue weighted by molar-refractivity contribution is -0.123. The maximum absolute atomic E-state index is 13.1. The minimum absolute atomic E-state index is 0.0371. The summed E-state index contributed by atoms with van der Waals surface area (Å²) in [5.41, 5.74) is 1.18. The van der Waals surface area contributed by atoms with Crippen molar-refractivity contribution in [2.24, 2.45) is 10.3 Å². The van der Waals surface area contributed by atoms with Gasteiger partial charge in [-0.3, -0.25) is 14.6 Å². The topological polar surface area (TPSA) is 123 Å². The summed E-state index contributed by atoms with van der Waals surface area (Å²) in [4.78, 5) is 31.4. The highest BCUT2D eigenvalue weighted by Gasteiger charge is 2.55. The maximum atomic E-state index is 13.1. The van der Waals surface area contributed by atoms with Crippen LogP contribution in [0, 0.1) is 0 Å². The minimum Gasteiger partial charge on any atom is -0.454 e. The predicted molar refractivity (Wildman–Crippen MR) is 110 cm³/mol. The number of imide groups is 1. The van der Waals surface area contributed by atoms with Gasteiger partial charge in [0.15, 0.2) is 23.6 Å². The van der Waals surface area contributed by atoms with Crippen LogP contribution < -0.4 is 14.4 Å². The number of carbonyl (C=O) groups is 2. The summed E-state index contributed by atoms with van der Waals surface area (Å²) in [5.74, 6) is 1.03. The van der Waals surface area contributed by atoms with Gasteiger partial charge >= 0.3 is 0 Å². The van der Waals surface area contributed by atoms with Crippen LogP contribution in [0.1, 0.15) is 5.89 Å². The molecule has 0 aliphatic carbocycles. The van der Waals surface area contributed by atoms with E-state index in [4.69, 9.17) is 14.0 Å². The number of aromatic nitrogens is 2. The smallest absolute Gasteiger partial charge is 0.263 e. The van der Waals surface area contributed by atoms with Gasteiger partial charge in [0.1, 0.15) is 6.54 Å². The maximum Gasteiger partial charge on any atom is 0.263 e. The first-order chi connectivity index (χ1) is 15.6. The molecule has 2 atom stereocenters. The van der Waals surface area contributed by atoms with Crippen LogP contribution in [-0.2, 0) is 16.1 Å². The van der Waals surface area contributed by atoms with Crippen molar-refractivity contribution >= 4 is 33.4 Å². The third-order valence-corrected chi connectivity index (χ3v) is 5.87. The van der Waals surface area contributed by atoms with Crippen LogP contribution in [0.15, 0.2) is 61.8 Å². The molecule has 1 saturated heterocycles. The van der Waals surface area contributed by atoms with Gasteiger partial charge < -0.3 is 14.0 Å². The second-order valence-electron chi connectivity index (χ2n) is 7.26. The fourth-order valence-electron chi connectivity index (χ4n) is 3.81. The molecule has 3 aliphatic heterocycles.